The fraction of sp³-hybridized carbons (Fsp3) is 0.0769. The highest BCUT2D eigenvalue weighted by Gasteiger charge is 2.09. The summed E-state index contributed by atoms with van der Waals surface area (Å²) in [5.41, 5.74) is 1.24. The number of benzene rings is 1. The largest absolute Gasteiger partial charge is 0.347 e. The summed E-state index contributed by atoms with van der Waals surface area (Å²) in [7, 11) is 0. The van der Waals surface area contributed by atoms with E-state index >= 15 is 0 Å². The van der Waals surface area contributed by atoms with E-state index in [0.29, 0.717) is 21.1 Å². The van der Waals surface area contributed by atoms with Crippen molar-refractivity contribution in [3.8, 4) is 0 Å². The molecule has 0 spiro atoms. The van der Waals surface area contributed by atoms with Crippen LogP contribution in [0.3, 0.4) is 0 Å². The quantitative estimate of drug-likeness (QED) is 0.897. The Morgan fingerprint density at radius 1 is 1.26 bits per heavy atom. The predicted octanol–water partition coefficient (Wildman–Crippen LogP) is 4.08. The number of nitrogens with one attached hydrogen (secondary N) is 1. The molecular formula is C13H9BrCl2N2O. The fourth-order valence-electron chi connectivity index (χ4n) is 1.41. The number of nitrogens with zero attached hydrogens (tertiary/aromatic N) is 1. The second-order valence-electron chi connectivity index (χ2n) is 3.79. The van der Waals surface area contributed by atoms with Crippen LogP contribution in [0.5, 0.6) is 0 Å². The summed E-state index contributed by atoms with van der Waals surface area (Å²) < 4.78 is 0.656. The van der Waals surface area contributed by atoms with Gasteiger partial charge in [-0.05, 0) is 39.7 Å². The van der Waals surface area contributed by atoms with E-state index in [1.165, 1.54) is 12.3 Å². The van der Waals surface area contributed by atoms with Gasteiger partial charge in [-0.2, -0.15) is 0 Å². The van der Waals surface area contributed by atoms with Crippen LogP contribution in [0.2, 0.25) is 10.0 Å². The molecule has 0 unspecified atom stereocenters. The second kappa shape index (κ2) is 6.37. The molecule has 0 aliphatic heterocycles. The highest BCUT2D eigenvalue weighted by atomic mass is 79.9. The zero-order valence-electron chi connectivity index (χ0n) is 9.66. The first kappa shape index (κ1) is 14.3. The smallest absolute Gasteiger partial charge is 0.270 e. The molecule has 0 fully saturated rings. The molecule has 0 aliphatic rings. The van der Waals surface area contributed by atoms with Gasteiger partial charge >= 0.3 is 0 Å². The second-order valence-corrected chi connectivity index (χ2v) is 5.49. The number of hydrogen-bond donors (Lipinski definition) is 1. The number of carbonyl (C=O) groups is 1. The van der Waals surface area contributed by atoms with Crippen LogP contribution in [0.4, 0.5) is 0 Å². The average molecular weight is 360 g/mol. The van der Waals surface area contributed by atoms with Gasteiger partial charge < -0.3 is 5.32 Å². The zero-order valence-corrected chi connectivity index (χ0v) is 12.8. The van der Waals surface area contributed by atoms with Gasteiger partial charge in [0, 0.05) is 17.8 Å². The Labute approximate surface area is 129 Å². The maximum atomic E-state index is 11.9. The van der Waals surface area contributed by atoms with Gasteiger partial charge in [0.05, 0.1) is 9.50 Å². The van der Waals surface area contributed by atoms with E-state index in [4.69, 9.17) is 23.2 Å². The molecule has 0 bridgehead atoms. The van der Waals surface area contributed by atoms with Crippen molar-refractivity contribution < 1.29 is 4.79 Å². The molecule has 6 heteroatoms. The standard InChI is InChI=1S/C13H9BrCl2N2O/c14-10-7-17-12(5-11(10)16)13(19)18-6-8-1-3-9(15)4-2-8/h1-5,7H,6H2,(H,18,19). The molecular weight excluding hydrogens is 351 g/mol. The lowest BCUT2D eigenvalue weighted by Gasteiger charge is -2.05. The normalized spacial score (nSPS) is 10.3. The third-order valence-electron chi connectivity index (χ3n) is 2.41. The van der Waals surface area contributed by atoms with E-state index in [9.17, 15) is 4.79 Å². The Morgan fingerprint density at radius 3 is 2.58 bits per heavy atom. The summed E-state index contributed by atoms with van der Waals surface area (Å²) in [6, 6.07) is 8.77. The van der Waals surface area contributed by atoms with Gasteiger partial charge in [-0.3, -0.25) is 4.79 Å². The van der Waals surface area contributed by atoms with Crippen molar-refractivity contribution in [3.05, 3.63) is 62.3 Å². The Morgan fingerprint density at radius 2 is 1.95 bits per heavy atom. The predicted molar refractivity (Wildman–Crippen MR) is 79.6 cm³/mol. The maximum Gasteiger partial charge on any atom is 0.270 e. The van der Waals surface area contributed by atoms with Crippen molar-refractivity contribution in [1.82, 2.24) is 10.3 Å². The Bertz CT molecular complexity index is 602. The first-order chi connectivity index (χ1) is 9.06. The molecule has 0 saturated carbocycles. The molecule has 1 heterocycles. The highest BCUT2D eigenvalue weighted by molar-refractivity contribution is 9.10. The summed E-state index contributed by atoms with van der Waals surface area (Å²) >= 11 is 14.9. The fourth-order valence-corrected chi connectivity index (χ4v) is 1.91. The molecule has 1 N–H and O–H groups in total. The number of amides is 1. The van der Waals surface area contributed by atoms with Crippen molar-refractivity contribution in [1.29, 1.82) is 0 Å². The lowest BCUT2D eigenvalue weighted by atomic mass is 10.2. The summed E-state index contributed by atoms with van der Waals surface area (Å²) in [6.45, 7) is 0.408. The van der Waals surface area contributed by atoms with E-state index < -0.39 is 0 Å². The zero-order chi connectivity index (χ0) is 13.8. The third kappa shape index (κ3) is 3.93. The molecule has 0 atom stereocenters. The Kier molecular flexibility index (Phi) is 4.80. The number of hydrogen-bond acceptors (Lipinski definition) is 2. The highest BCUT2D eigenvalue weighted by Crippen LogP contribution is 2.21. The average Bonchev–Trinajstić information content (AvgIpc) is 2.41. The molecule has 19 heavy (non-hydrogen) atoms. The molecule has 0 aliphatic carbocycles. The molecule has 3 nitrogen and oxygen atoms in total. The van der Waals surface area contributed by atoms with Crippen LogP contribution < -0.4 is 5.32 Å². The number of carbonyl (C=O) groups excluding carboxylic acids is 1. The third-order valence-corrected chi connectivity index (χ3v) is 3.83. The van der Waals surface area contributed by atoms with Crippen LogP contribution >= 0.6 is 39.1 Å². The van der Waals surface area contributed by atoms with Gasteiger partial charge in [0.15, 0.2) is 0 Å². The summed E-state index contributed by atoms with van der Waals surface area (Å²) in [5, 5.41) is 3.88. The van der Waals surface area contributed by atoms with E-state index in [-0.39, 0.29) is 11.6 Å². The van der Waals surface area contributed by atoms with E-state index in [0.717, 1.165) is 5.56 Å². The summed E-state index contributed by atoms with van der Waals surface area (Å²) in [4.78, 5) is 15.9. The monoisotopic (exact) mass is 358 g/mol. The molecule has 0 saturated heterocycles. The van der Waals surface area contributed by atoms with Gasteiger partial charge in [0.1, 0.15) is 5.69 Å². The molecule has 98 valence electrons. The van der Waals surface area contributed by atoms with Crippen LogP contribution in [0.25, 0.3) is 0 Å². The lowest BCUT2D eigenvalue weighted by Crippen LogP contribution is -2.23. The van der Waals surface area contributed by atoms with Crippen LogP contribution in [0.15, 0.2) is 41.0 Å². The number of aromatic nitrogens is 1. The lowest BCUT2D eigenvalue weighted by molar-refractivity contribution is 0.0946. The maximum absolute atomic E-state index is 11.9. The summed E-state index contributed by atoms with van der Waals surface area (Å²) in [6.07, 6.45) is 1.50. The number of pyridine rings is 1. The van der Waals surface area contributed by atoms with E-state index in [1.54, 1.807) is 12.1 Å². The van der Waals surface area contributed by atoms with E-state index in [2.05, 4.69) is 26.2 Å². The molecule has 1 aromatic heterocycles. The summed E-state index contributed by atoms with van der Waals surface area (Å²) in [5.74, 6) is -0.274. The molecule has 2 rings (SSSR count). The van der Waals surface area contributed by atoms with Crippen LogP contribution in [-0.4, -0.2) is 10.9 Å². The van der Waals surface area contributed by atoms with Crippen molar-refractivity contribution >= 4 is 45.0 Å². The van der Waals surface area contributed by atoms with E-state index in [1.807, 2.05) is 12.1 Å². The SMILES string of the molecule is O=C(NCc1ccc(Cl)cc1)c1cc(Cl)c(Br)cn1. The van der Waals surface area contributed by atoms with Crippen molar-refractivity contribution in [2.75, 3.05) is 0 Å². The Hall–Kier alpha value is -1.10. The minimum atomic E-state index is -0.274. The van der Waals surface area contributed by atoms with Gasteiger partial charge in [-0.15, -0.1) is 0 Å². The van der Waals surface area contributed by atoms with Gasteiger partial charge in [-0.1, -0.05) is 35.3 Å². The minimum Gasteiger partial charge on any atom is -0.347 e. The van der Waals surface area contributed by atoms with Crippen molar-refractivity contribution in [3.63, 3.8) is 0 Å². The molecule has 1 aromatic carbocycles. The molecule has 1 amide bonds. The first-order valence-electron chi connectivity index (χ1n) is 5.40. The van der Waals surface area contributed by atoms with Gasteiger partial charge in [-0.25, -0.2) is 4.98 Å². The van der Waals surface area contributed by atoms with Crippen LogP contribution in [0, 0.1) is 0 Å². The topological polar surface area (TPSA) is 42.0 Å². The first-order valence-corrected chi connectivity index (χ1v) is 6.95. The van der Waals surface area contributed by atoms with Gasteiger partial charge in [0.25, 0.3) is 5.91 Å². The van der Waals surface area contributed by atoms with Crippen LogP contribution in [0.1, 0.15) is 16.1 Å². The Balaban J connectivity index is 2.01. The van der Waals surface area contributed by atoms with Crippen molar-refractivity contribution in [2.45, 2.75) is 6.54 Å². The molecule has 2 aromatic rings. The molecule has 0 radical (unpaired) electrons. The van der Waals surface area contributed by atoms with Gasteiger partial charge in [0.2, 0.25) is 0 Å². The number of rotatable bonds is 3. The van der Waals surface area contributed by atoms with Crippen LogP contribution in [-0.2, 0) is 6.54 Å². The number of halogens is 3. The van der Waals surface area contributed by atoms with Crippen molar-refractivity contribution in [2.24, 2.45) is 0 Å². The minimum absolute atomic E-state index is 0.274.